The summed E-state index contributed by atoms with van der Waals surface area (Å²) in [5.74, 6) is 1.61. The molecule has 1 aliphatic heterocycles. The topological polar surface area (TPSA) is 66.4 Å². The van der Waals surface area contributed by atoms with Crippen molar-refractivity contribution >= 4 is 11.8 Å². The van der Waals surface area contributed by atoms with E-state index >= 15 is 0 Å². The van der Waals surface area contributed by atoms with Crippen LogP contribution in [0.25, 0.3) is 0 Å². The lowest BCUT2D eigenvalue weighted by molar-refractivity contribution is 0.0186. The largest absolute Gasteiger partial charge is 0.379 e. The van der Waals surface area contributed by atoms with Crippen LogP contribution >= 0.6 is 0 Å². The summed E-state index contributed by atoms with van der Waals surface area (Å²) in [6.45, 7) is 8.23. The number of pyridine rings is 1. The minimum absolute atomic E-state index is 0.227. The molecule has 26 heavy (non-hydrogen) atoms. The number of aromatic nitrogens is 3. The van der Waals surface area contributed by atoms with Crippen LogP contribution in [0.3, 0.4) is 0 Å². The highest BCUT2D eigenvalue weighted by atomic mass is 16.5. The SMILES string of the molecule is Cc1nc(N(C)C)nc(NC[C@H](c2cccnc2)N2CCOCC2)c1C. The van der Waals surface area contributed by atoms with E-state index in [1.54, 1.807) is 0 Å². The lowest BCUT2D eigenvalue weighted by Gasteiger charge is -2.35. The molecule has 0 spiro atoms. The Kier molecular flexibility index (Phi) is 6.00. The predicted octanol–water partition coefficient (Wildman–Crippen LogP) is 2.04. The van der Waals surface area contributed by atoms with Crippen LogP contribution in [0.4, 0.5) is 11.8 Å². The Morgan fingerprint density at radius 1 is 1.23 bits per heavy atom. The molecule has 0 unspecified atom stereocenters. The zero-order valence-corrected chi connectivity index (χ0v) is 16.1. The van der Waals surface area contributed by atoms with E-state index in [-0.39, 0.29) is 6.04 Å². The molecule has 1 aliphatic rings. The minimum atomic E-state index is 0.227. The van der Waals surface area contributed by atoms with E-state index in [2.05, 4.69) is 38.2 Å². The van der Waals surface area contributed by atoms with Crippen LogP contribution in [0.1, 0.15) is 22.9 Å². The molecule has 0 aliphatic carbocycles. The molecule has 0 bridgehead atoms. The number of nitrogens with one attached hydrogen (secondary N) is 1. The molecular formula is C19H28N6O. The predicted molar refractivity (Wildman–Crippen MR) is 104 cm³/mol. The summed E-state index contributed by atoms with van der Waals surface area (Å²) in [5.41, 5.74) is 3.29. The molecule has 0 aromatic carbocycles. The Labute approximate surface area is 155 Å². The van der Waals surface area contributed by atoms with Crippen LogP contribution in [-0.2, 0) is 4.74 Å². The van der Waals surface area contributed by atoms with Crippen molar-refractivity contribution in [2.45, 2.75) is 19.9 Å². The van der Waals surface area contributed by atoms with E-state index in [0.29, 0.717) is 0 Å². The molecule has 1 N–H and O–H groups in total. The molecule has 2 aromatic rings. The van der Waals surface area contributed by atoms with Crippen molar-refractivity contribution in [3.05, 3.63) is 41.3 Å². The Morgan fingerprint density at radius 2 is 2.00 bits per heavy atom. The second kappa shape index (κ2) is 8.42. The Hall–Kier alpha value is -2.25. The summed E-state index contributed by atoms with van der Waals surface area (Å²) in [6, 6.07) is 4.36. The van der Waals surface area contributed by atoms with Crippen LogP contribution in [0.15, 0.2) is 24.5 Å². The number of ether oxygens (including phenoxy) is 1. The molecule has 0 radical (unpaired) electrons. The minimum Gasteiger partial charge on any atom is -0.379 e. The molecule has 140 valence electrons. The number of nitrogens with zero attached hydrogens (tertiary/aromatic N) is 5. The molecule has 3 rings (SSSR count). The van der Waals surface area contributed by atoms with Gasteiger partial charge >= 0.3 is 0 Å². The molecular weight excluding hydrogens is 328 g/mol. The van der Waals surface area contributed by atoms with Crippen molar-refractivity contribution in [3.63, 3.8) is 0 Å². The fourth-order valence-corrected chi connectivity index (χ4v) is 3.10. The Balaban J connectivity index is 1.82. The van der Waals surface area contributed by atoms with E-state index in [9.17, 15) is 0 Å². The third kappa shape index (κ3) is 4.28. The van der Waals surface area contributed by atoms with Crippen molar-refractivity contribution in [1.82, 2.24) is 19.9 Å². The molecule has 7 heteroatoms. The standard InChI is InChI=1S/C19H28N6O/c1-14-15(2)22-19(24(3)4)23-18(14)21-13-17(16-6-5-7-20-12-16)25-8-10-26-11-9-25/h5-7,12,17H,8-11,13H2,1-4H3,(H,21,22,23)/t17-/m1/s1. The Morgan fingerprint density at radius 3 is 2.65 bits per heavy atom. The molecule has 1 atom stereocenters. The monoisotopic (exact) mass is 356 g/mol. The van der Waals surface area contributed by atoms with Gasteiger partial charge in [0.05, 0.1) is 19.3 Å². The first kappa shape index (κ1) is 18.5. The summed E-state index contributed by atoms with van der Waals surface area (Å²) in [7, 11) is 3.92. The highest BCUT2D eigenvalue weighted by Crippen LogP contribution is 2.24. The van der Waals surface area contributed by atoms with E-state index in [0.717, 1.165) is 55.9 Å². The molecule has 3 heterocycles. The van der Waals surface area contributed by atoms with Gasteiger partial charge in [-0.2, -0.15) is 4.98 Å². The summed E-state index contributed by atoms with van der Waals surface area (Å²) in [4.78, 5) is 17.9. The van der Waals surface area contributed by atoms with Gasteiger partial charge in [0.15, 0.2) is 0 Å². The third-order valence-electron chi connectivity index (χ3n) is 4.80. The van der Waals surface area contributed by atoms with Crippen LogP contribution in [-0.4, -0.2) is 66.8 Å². The van der Waals surface area contributed by atoms with Gasteiger partial charge < -0.3 is 15.0 Å². The number of anilines is 2. The van der Waals surface area contributed by atoms with E-state index < -0.39 is 0 Å². The van der Waals surface area contributed by atoms with Gasteiger partial charge in [-0.05, 0) is 25.5 Å². The summed E-state index contributed by atoms with van der Waals surface area (Å²) >= 11 is 0. The summed E-state index contributed by atoms with van der Waals surface area (Å²) in [6.07, 6.45) is 3.76. The number of morpholine rings is 1. The first-order valence-corrected chi connectivity index (χ1v) is 9.04. The van der Waals surface area contributed by atoms with Gasteiger partial charge in [-0.3, -0.25) is 9.88 Å². The number of hydrogen-bond acceptors (Lipinski definition) is 7. The van der Waals surface area contributed by atoms with Crippen LogP contribution < -0.4 is 10.2 Å². The molecule has 2 aromatic heterocycles. The van der Waals surface area contributed by atoms with Crippen molar-refractivity contribution in [2.24, 2.45) is 0 Å². The normalized spacial score (nSPS) is 16.3. The molecule has 1 fully saturated rings. The maximum absolute atomic E-state index is 5.52. The van der Waals surface area contributed by atoms with Gasteiger partial charge in [0.1, 0.15) is 5.82 Å². The van der Waals surface area contributed by atoms with E-state index in [1.807, 2.05) is 44.4 Å². The Bertz CT molecular complexity index is 715. The van der Waals surface area contributed by atoms with Gasteiger partial charge in [0.25, 0.3) is 0 Å². The average molecular weight is 356 g/mol. The lowest BCUT2D eigenvalue weighted by Crippen LogP contribution is -2.41. The fraction of sp³-hybridized carbons (Fsp3) is 0.526. The summed E-state index contributed by atoms with van der Waals surface area (Å²) < 4.78 is 5.52. The van der Waals surface area contributed by atoms with Gasteiger partial charge in [-0.15, -0.1) is 0 Å². The maximum atomic E-state index is 5.52. The van der Waals surface area contributed by atoms with E-state index in [1.165, 1.54) is 5.56 Å². The van der Waals surface area contributed by atoms with Gasteiger partial charge in [0, 0.05) is 57.4 Å². The highest BCUT2D eigenvalue weighted by molar-refractivity contribution is 5.50. The molecule has 0 saturated carbocycles. The second-order valence-electron chi connectivity index (χ2n) is 6.81. The molecule has 7 nitrogen and oxygen atoms in total. The smallest absolute Gasteiger partial charge is 0.227 e. The lowest BCUT2D eigenvalue weighted by atomic mass is 10.1. The third-order valence-corrected chi connectivity index (χ3v) is 4.80. The van der Waals surface area contributed by atoms with Crippen molar-refractivity contribution in [1.29, 1.82) is 0 Å². The van der Waals surface area contributed by atoms with E-state index in [4.69, 9.17) is 4.74 Å². The van der Waals surface area contributed by atoms with Crippen LogP contribution in [0.5, 0.6) is 0 Å². The zero-order valence-electron chi connectivity index (χ0n) is 16.1. The van der Waals surface area contributed by atoms with Crippen molar-refractivity contribution < 1.29 is 4.74 Å². The van der Waals surface area contributed by atoms with Gasteiger partial charge in [0.2, 0.25) is 5.95 Å². The van der Waals surface area contributed by atoms with Crippen LogP contribution in [0, 0.1) is 13.8 Å². The highest BCUT2D eigenvalue weighted by Gasteiger charge is 2.23. The van der Waals surface area contributed by atoms with Crippen LogP contribution in [0.2, 0.25) is 0 Å². The van der Waals surface area contributed by atoms with Crippen molar-refractivity contribution in [2.75, 3.05) is 57.2 Å². The first-order valence-electron chi connectivity index (χ1n) is 9.04. The summed E-state index contributed by atoms with van der Waals surface area (Å²) in [5, 5.41) is 3.56. The maximum Gasteiger partial charge on any atom is 0.227 e. The number of aryl methyl sites for hydroxylation is 1. The molecule has 1 saturated heterocycles. The number of hydrogen-bond donors (Lipinski definition) is 1. The quantitative estimate of drug-likeness (QED) is 0.849. The van der Waals surface area contributed by atoms with Crippen molar-refractivity contribution in [3.8, 4) is 0 Å². The zero-order chi connectivity index (χ0) is 18.5. The van der Waals surface area contributed by atoms with Gasteiger partial charge in [-0.1, -0.05) is 6.07 Å². The first-order chi connectivity index (χ1) is 12.6. The second-order valence-corrected chi connectivity index (χ2v) is 6.81. The average Bonchev–Trinajstić information content (AvgIpc) is 2.66. The fourth-order valence-electron chi connectivity index (χ4n) is 3.10. The van der Waals surface area contributed by atoms with Gasteiger partial charge in [-0.25, -0.2) is 4.98 Å². The molecule has 0 amide bonds. The number of rotatable bonds is 6.